The van der Waals surface area contributed by atoms with Crippen LogP contribution in [-0.2, 0) is 49.6 Å². The number of ketones is 2. The minimum atomic E-state index is -1.25. The van der Waals surface area contributed by atoms with E-state index >= 15 is 0 Å². The molecule has 15 N–H and O–H groups in total. The van der Waals surface area contributed by atoms with Crippen LogP contribution in [0, 0.1) is 29.6 Å². The van der Waals surface area contributed by atoms with Gasteiger partial charge in [0.2, 0.25) is 41.4 Å². The van der Waals surface area contributed by atoms with E-state index < -0.39 is 95.1 Å². The minimum absolute atomic E-state index is 0.00706. The van der Waals surface area contributed by atoms with Gasteiger partial charge in [-0.3, -0.25) is 43.2 Å². The number of nitrogens with one attached hydrogen (secondary N) is 7. The average Bonchev–Trinajstić information content (AvgIpc) is 3.39. The molecule has 2 aliphatic rings. The van der Waals surface area contributed by atoms with Crippen LogP contribution in [0.5, 0.6) is 0 Å². The summed E-state index contributed by atoms with van der Waals surface area (Å²) >= 11 is 0. The molecule has 0 aromatic heterocycles. The van der Waals surface area contributed by atoms with Crippen LogP contribution in [0.15, 0.2) is 30.3 Å². The van der Waals surface area contributed by atoms with E-state index in [1.807, 2.05) is 27.7 Å². The molecule has 2 saturated heterocycles. The number of hydrogen-bond acceptors (Lipinski definition) is 14. The maximum Gasteiger partial charge on any atom is 0.243 e. The Morgan fingerprint density at radius 2 is 1.14 bits per heavy atom. The molecule has 0 spiro atoms. The van der Waals surface area contributed by atoms with Crippen LogP contribution in [0.25, 0.3) is 0 Å². The van der Waals surface area contributed by atoms with Gasteiger partial charge in [-0.25, -0.2) is 0 Å². The molecule has 0 bridgehead atoms. The van der Waals surface area contributed by atoms with Crippen LogP contribution in [0.4, 0.5) is 0 Å². The highest BCUT2D eigenvalue weighted by atomic mass is 16.2. The van der Waals surface area contributed by atoms with Gasteiger partial charge in [0.1, 0.15) is 24.2 Å². The summed E-state index contributed by atoms with van der Waals surface area (Å²) in [6.45, 7) is 12.1. The summed E-state index contributed by atoms with van der Waals surface area (Å²) in [5.74, 6) is -7.84. The molecular formula is C56H96N12O9. The van der Waals surface area contributed by atoms with E-state index in [1.54, 1.807) is 30.3 Å². The Kier molecular flexibility index (Phi) is 30.8. The number of Topliss-reactive ketones (excluding diaryl/α,β-unsaturated/α-hetero) is 2. The highest BCUT2D eigenvalue weighted by Crippen LogP contribution is 2.22. The number of carbonyl (C=O) groups is 9. The van der Waals surface area contributed by atoms with Crippen LogP contribution in [0.1, 0.15) is 143 Å². The van der Waals surface area contributed by atoms with Crippen molar-refractivity contribution in [1.82, 2.24) is 42.1 Å². The molecule has 1 aromatic rings. The number of nitrogens with zero attached hydrogens (tertiary/aromatic N) is 1. The Bertz CT molecular complexity index is 2020. The topological polar surface area (TPSA) is 345 Å². The van der Waals surface area contributed by atoms with Gasteiger partial charge in [-0.15, -0.1) is 0 Å². The van der Waals surface area contributed by atoms with Crippen molar-refractivity contribution in [2.45, 2.75) is 180 Å². The highest BCUT2D eigenvalue weighted by Gasteiger charge is 2.36. The molecule has 3 rings (SSSR count). The first-order chi connectivity index (χ1) is 36.8. The number of hydrogen-bond donors (Lipinski definition) is 11. The molecule has 0 saturated carbocycles. The summed E-state index contributed by atoms with van der Waals surface area (Å²) in [7, 11) is 0. The first-order valence-electron chi connectivity index (χ1n) is 28.6. The third kappa shape index (κ3) is 24.1. The molecule has 21 nitrogen and oxygen atoms in total. The van der Waals surface area contributed by atoms with E-state index in [9.17, 15) is 43.2 Å². The summed E-state index contributed by atoms with van der Waals surface area (Å²) in [4.78, 5) is 130. The van der Waals surface area contributed by atoms with Crippen molar-refractivity contribution in [3.63, 3.8) is 0 Å². The van der Waals surface area contributed by atoms with Crippen LogP contribution >= 0.6 is 0 Å². The fraction of sp³-hybridized carbons (Fsp3) is 0.732. The van der Waals surface area contributed by atoms with Crippen molar-refractivity contribution in [3.05, 3.63) is 35.9 Å². The molecule has 21 heteroatoms. The van der Waals surface area contributed by atoms with Gasteiger partial charge in [0, 0.05) is 43.6 Å². The zero-order chi connectivity index (χ0) is 56.9. The Hall–Kier alpha value is -5.35. The molecule has 0 aliphatic carbocycles. The molecule has 7 amide bonds. The molecule has 0 unspecified atom stereocenters. The van der Waals surface area contributed by atoms with Crippen LogP contribution < -0.4 is 60.2 Å². The maximum absolute atomic E-state index is 14.6. The number of rotatable bonds is 25. The number of benzene rings is 1. The number of piperidine rings is 1. The van der Waals surface area contributed by atoms with Crippen molar-refractivity contribution in [2.24, 2.45) is 52.5 Å². The van der Waals surface area contributed by atoms with Gasteiger partial charge in [0.15, 0.2) is 11.6 Å². The second-order valence-electron chi connectivity index (χ2n) is 22.0. The van der Waals surface area contributed by atoms with Gasteiger partial charge >= 0.3 is 0 Å². The predicted octanol–water partition coefficient (Wildman–Crippen LogP) is 0.978. The lowest BCUT2D eigenvalue weighted by Crippen LogP contribution is -2.59. The molecule has 77 heavy (non-hydrogen) atoms. The van der Waals surface area contributed by atoms with E-state index in [-0.39, 0.29) is 121 Å². The summed E-state index contributed by atoms with van der Waals surface area (Å²) in [6.07, 6.45) is 6.84. The first kappa shape index (κ1) is 65.9. The smallest absolute Gasteiger partial charge is 0.243 e. The predicted molar refractivity (Wildman–Crippen MR) is 297 cm³/mol. The Labute approximate surface area is 457 Å². The van der Waals surface area contributed by atoms with Crippen molar-refractivity contribution in [2.75, 3.05) is 52.4 Å². The molecule has 2 fully saturated rings. The normalized spacial score (nSPS) is 24.0. The highest BCUT2D eigenvalue weighted by molar-refractivity contribution is 5.98. The van der Waals surface area contributed by atoms with Crippen molar-refractivity contribution in [3.8, 4) is 0 Å². The Balaban J connectivity index is 2.03. The number of unbranched alkanes of at least 4 members (excludes halogenated alkanes) is 4. The van der Waals surface area contributed by atoms with E-state index in [2.05, 4.69) is 49.0 Å². The molecule has 1 aromatic carbocycles. The fourth-order valence-corrected chi connectivity index (χ4v) is 10.1. The van der Waals surface area contributed by atoms with Gasteiger partial charge in [-0.2, -0.15) is 0 Å². The van der Waals surface area contributed by atoms with Gasteiger partial charge in [0.05, 0.1) is 12.1 Å². The van der Waals surface area contributed by atoms with Crippen molar-refractivity contribution < 1.29 is 43.2 Å². The van der Waals surface area contributed by atoms with Crippen molar-refractivity contribution in [1.29, 1.82) is 0 Å². The minimum Gasteiger partial charge on any atom is -0.354 e. The molecule has 0 radical (unpaired) electrons. The number of amides is 7. The second kappa shape index (κ2) is 35.9. The van der Waals surface area contributed by atoms with Gasteiger partial charge in [-0.1, -0.05) is 90.6 Å². The van der Waals surface area contributed by atoms with E-state index in [4.69, 9.17) is 22.9 Å². The largest absolute Gasteiger partial charge is 0.354 e. The zero-order valence-corrected chi connectivity index (χ0v) is 46.8. The van der Waals surface area contributed by atoms with E-state index in [0.717, 1.165) is 26.1 Å². The zero-order valence-electron chi connectivity index (χ0n) is 46.8. The van der Waals surface area contributed by atoms with Crippen LogP contribution in [0.2, 0.25) is 0 Å². The molecular weight excluding hydrogens is 985 g/mol. The first-order valence-corrected chi connectivity index (χ1v) is 28.6. The lowest BCUT2D eigenvalue weighted by Gasteiger charge is -2.32. The lowest BCUT2D eigenvalue weighted by molar-refractivity contribution is -0.136. The Morgan fingerprint density at radius 3 is 1.71 bits per heavy atom. The fourth-order valence-electron chi connectivity index (χ4n) is 10.1. The van der Waals surface area contributed by atoms with Crippen molar-refractivity contribution >= 4 is 52.9 Å². The molecule has 434 valence electrons. The third-order valence-corrected chi connectivity index (χ3v) is 14.5. The SMILES string of the molecule is CCCCCCCN1CCC(C(=O)N[C@H](CCN)C(=O)C[C@H]2CCNC(=O)[C@H](CC(C)C)NC(=O)[C@H](CCN)NC(=O)[C@H](CCN)NC(=O)[C@H](Cc3ccccc3)NC(=O)[C@@H](CC(C)C)CC(=O)[C@H](CCN)NC2=O)CC1. The van der Waals surface area contributed by atoms with Gasteiger partial charge < -0.3 is 65.1 Å². The standard InChI is InChI=1S/C56H96N12O9/c1-6-7-8-9-13-28-68-29-21-39(22-30-68)50(71)62-42(16-23-57)48(69)34-40-20-27-61-53(74)46(32-37(4)5)67-55(76)45(19-26-60)64-54(75)44(18-25-59)65-56(77)47(33-38-14-11-10-12-15-38)66-52(73)41(31-36(2)3)35-49(70)43(17-24-58)63-51(40)72/h10-12,14-15,36-37,39-47H,6-9,13,16-35,57-60H2,1-5H3,(H,61,74)(H,62,71)(H,63,72)(H,64,75)(H,65,77)(H,66,73)(H,67,76)/t40-,41+,42-,43+,44+,45+,46+,47+/m1/s1. The number of likely N-dealkylation sites (tertiary alicyclic amines) is 1. The molecule has 8 atom stereocenters. The summed E-state index contributed by atoms with van der Waals surface area (Å²) in [5, 5.41) is 19.6. The molecule has 2 heterocycles. The quantitative estimate of drug-likeness (QED) is 0.0609. The molecule has 2 aliphatic heterocycles. The van der Waals surface area contributed by atoms with Crippen LogP contribution in [0.3, 0.4) is 0 Å². The lowest BCUT2D eigenvalue weighted by atomic mass is 9.88. The Morgan fingerprint density at radius 1 is 0.610 bits per heavy atom. The third-order valence-electron chi connectivity index (χ3n) is 14.5. The summed E-state index contributed by atoms with van der Waals surface area (Å²) in [5.41, 5.74) is 24.6. The second-order valence-corrected chi connectivity index (χ2v) is 22.0. The van der Waals surface area contributed by atoms with Crippen LogP contribution in [-0.4, -0.2) is 146 Å². The van der Waals surface area contributed by atoms with E-state index in [0.29, 0.717) is 18.4 Å². The van der Waals surface area contributed by atoms with E-state index in [1.165, 1.54) is 25.7 Å². The number of carbonyl (C=O) groups excluding carboxylic acids is 9. The average molecular weight is 1080 g/mol. The monoisotopic (exact) mass is 1080 g/mol. The summed E-state index contributed by atoms with van der Waals surface area (Å²) in [6, 6.07) is 1.90. The maximum atomic E-state index is 14.6. The summed E-state index contributed by atoms with van der Waals surface area (Å²) < 4.78 is 0. The number of nitrogens with two attached hydrogens (primary N) is 4. The van der Waals surface area contributed by atoms with Gasteiger partial charge in [-0.05, 0) is 127 Å². The van der Waals surface area contributed by atoms with Gasteiger partial charge in [0.25, 0.3) is 0 Å².